The number of nitrogens with zero attached hydrogens (tertiary/aromatic N) is 1. The van der Waals surface area contributed by atoms with Gasteiger partial charge in [0.25, 0.3) is 0 Å². The molecule has 0 amide bonds. The molecule has 1 aromatic heterocycles. The summed E-state index contributed by atoms with van der Waals surface area (Å²) in [6, 6.07) is 3.69. The smallest absolute Gasteiger partial charge is 0.213 e. The van der Waals surface area contributed by atoms with E-state index >= 15 is 0 Å². The zero-order valence-corrected chi connectivity index (χ0v) is 9.54. The first kappa shape index (κ1) is 12.0. The molecule has 17 heavy (non-hydrogen) atoms. The van der Waals surface area contributed by atoms with E-state index in [0.29, 0.717) is 32.2 Å². The Kier molecular flexibility index (Phi) is 4.49. The molecular weight excluding hydrogens is 220 g/mol. The minimum atomic E-state index is -0.292. The van der Waals surface area contributed by atoms with E-state index in [2.05, 4.69) is 4.98 Å². The van der Waals surface area contributed by atoms with Gasteiger partial charge in [-0.25, -0.2) is 4.98 Å². The van der Waals surface area contributed by atoms with Gasteiger partial charge in [0.05, 0.1) is 13.2 Å². The first-order valence-corrected chi connectivity index (χ1v) is 5.57. The molecule has 1 fully saturated rings. The number of ether oxygens (including phenoxy) is 3. The molecule has 0 aromatic carbocycles. The number of aromatic nitrogens is 1. The molecule has 0 bridgehead atoms. The minimum absolute atomic E-state index is 0.292. The molecule has 5 heteroatoms. The van der Waals surface area contributed by atoms with Crippen LogP contribution in [0, 0.1) is 0 Å². The van der Waals surface area contributed by atoms with Gasteiger partial charge in [-0.1, -0.05) is 12.2 Å². The Morgan fingerprint density at radius 2 is 2.24 bits per heavy atom. The fourth-order valence-corrected chi connectivity index (χ4v) is 1.50. The molecule has 0 saturated carbocycles. The van der Waals surface area contributed by atoms with Gasteiger partial charge < -0.3 is 19.9 Å². The second kappa shape index (κ2) is 6.34. The third-order valence-corrected chi connectivity index (χ3v) is 2.28. The number of pyridine rings is 1. The summed E-state index contributed by atoms with van der Waals surface area (Å²) in [5.74, 6) is 0.559. The zero-order valence-electron chi connectivity index (χ0n) is 9.54. The molecule has 1 aliphatic rings. The molecule has 92 valence electrons. The van der Waals surface area contributed by atoms with Crippen molar-refractivity contribution in [2.24, 2.45) is 5.73 Å². The molecule has 1 saturated heterocycles. The SMILES string of the molecule is NC/C=C\COc1cc(C2OCCO2)ccn1. The molecule has 0 radical (unpaired) electrons. The van der Waals surface area contributed by atoms with Crippen molar-refractivity contribution in [1.29, 1.82) is 0 Å². The van der Waals surface area contributed by atoms with Crippen LogP contribution in [0.1, 0.15) is 11.9 Å². The maximum atomic E-state index is 5.44. The topological polar surface area (TPSA) is 66.6 Å². The monoisotopic (exact) mass is 236 g/mol. The zero-order chi connectivity index (χ0) is 11.9. The van der Waals surface area contributed by atoms with E-state index in [4.69, 9.17) is 19.9 Å². The van der Waals surface area contributed by atoms with Gasteiger partial charge in [-0.15, -0.1) is 0 Å². The molecule has 0 spiro atoms. The third kappa shape index (κ3) is 3.52. The van der Waals surface area contributed by atoms with Crippen LogP contribution < -0.4 is 10.5 Å². The lowest BCUT2D eigenvalue weighted by Crippen LogP contribution is -2.02. The molecule has 2 heterocycles. The van der Waals surface area contributed by atoms with Crippen molar-refractivity contribution < 1.29 is 14.2 Å². The predicted octanol–water partition coefficient (Wildman–Crippen LogP) is 1.02. The first-order chi connectivity index (χ1) is 8.40. The van der Waals surface area contributed by atoms with Crippen molar-refractivity contribution in [3.8, 4) is 5.88 Å². The second-order valence-electron chi connectivity index (χ2n) is 3.52. The molecule has 0 atom stereocenters. The van der Waals surface area contributed by atoms with Crippen LogP contribution in [0.2, 0.25) is 0 Å². The number of rotatable bonds is 5. The van der Waals surface area contributed by atoms with E-state index in [1.807, 2.05) is 24.3 Å². The van der Waals surface area contributed by atoms with Crippen molar-refractivity contribution in [3.05, 3.63) is 36.0 Å². The number of hydrogen-bond acceptors (Lipinski definition) is 5. The van der Waals surface area contributed by atoms with E-state index in [0.717, 1.165) is 5.56 Å². The Bertz CT molecular complexity index is 376. The number of hydrogen-bond donors (Lipinski definition) is 1. The molecule has 5 nitrogen and oxygen atoms in total. The molecule has 0 aliphatic carbocycles. The molecule has 1 aliphatic heterocycles. The highest BCUT2D eigenvalue weighted by Crippen LogP contribution is 2.24. The highest BCUT2D eigenvalue weighted by atomic mass is 16.7. The van der Waals surface area contributed by atoms with Crippen molar-refractivity contribution >= 4 is 0 Å². The van der Waals surface area contributed by atoms with Crippen molar-refractivity contribution in [2.45, 2.75) is 6.29 Å². The van der Waals surface area contributed by atoms with Crippen LogP contribution >= 0.6 is 0 Å². The lowest BCUT2D eigenvalue weighted by molar-refractivity contribution is -0.0443. The first-order valence-electron chi connectivity index (χ1n) is 5.57. The Morgan fingerprint density at radius 3 is 3.00 bits per heavy atom. The van der Waals surface area contributed by atoms with Crippen LogP contribution in [0.25, 0.3) is 0 Å². The van der Waals surface area contributed by atoms with Crippen molar-refractivity contribution in [1.82, 2.24) is 4.98 Å². The van der Waals surface area contributed by atoms with Crippen LogP contribution in [0.5, 0.6) is 5.88 Å². The summed E-state index contributed by atoms with van der Waals surface area (Å²) >= 11 is 0. The van der Waals surface area contributed by atoms with E-state index < -0.39 is 0 Å². The normalized spacial score (nSPS) is 16.8. The lowest BCUT2D eigenvalue weighted by atomic mass is 10.2. The largest absolute Gasteiger partial charge is 0.473 e. The van der Waals surface area contributed by atoms with E-state index in [9.17, 15) is 0 Å². The average molecular weight is 236 g/mol. The van der Waals surface area contributed by atoms with E-state index in [1.165, 1.54) is 0 Å². The van der Waals surface area contributed by atoms with Crippen LogP contribution in [0.3, 0.4) is 0 Å². The quantitative estimate of drug-likeness (QED) is 0.773. The lowest BCUT2D eigenvalue weighted by Gasteiger charge is -2.10. The average Bonchev–Trinajstić information content (AvgIpc) is 2.89. The maximum Gasteiger partial charge on any atom is 0.213 e. The maximum absolute atomic E-state index is 5.44. The molecule has 2 N–H and O–H groups in total. The summed E-state index contributed by atoms with van der Waals surface area (Å²) in [7, 11) is 0. The Labute approximate surface area is 100 Å². The van der Waals surface area contributed by atoms with Gasteiger partial charge in [-0.05, 0) is 6.07 Å². The highest BCUT2D eigenvalue weighted by Gasteiger charge is 2.18. The van der Waals surface area contributed by atoms with Gasteiger partial charge in [-0.2, -0.15) is 0 Å². The predicted molar refractivity (Wildman–Crippen MR) is 62.6 cm³/mol. The Hall–Kier alpha value is -1.43. The van der Waals surface area contributed by atoms with Crippen LogP contribution in [0.4, 0.5) is 0 Å². The fourth-order valence-electron chi connectivity index (χ4n) is 1.50. The minimum Gasteiger partial charge on any atom is -0.473 e. The highest BCUT2D eigenvalue weighted by molar-refractivity contribution is 5.22. The summed E-state index contributed by atoms with van der Waals surface area (Å²) in [5.41, 5.74) is 6.25. The van der Waals surface area contributed by atoms with Crippen LogP contribution in [0.15, 0.2) is 30.5 Å². The van der Waals surface area contributed by atoms with Gasteiger partial charge in [0.2, 0.25) is 5.88 Å². The van der Waals surface area contributed by atoms with Crippen LogP contribution in [-0.2, 0) is 9.47 Å². The van der Waals surface area contributed by atoms with Gasteiger partial charge in [0.1, 0.15) is 6.61 Å². The third-order valence-electron chi connectivity index (χ3n) is 2.28. The van der Waals surface area contributed by atoms with Gasteiger partial charge in [0.15, 0.2) is 6.29 Å². The summed E-state index contributed by atoms with van der Waals surface area (Å²) < 4.78 is 16.2. The molecular formula is C12H16N2O3. The van der Waals surface area contributed by atoms with Crippen LogP contribution in [-0.4, -0.2) is 31.3 Å². The van der Waals surface area contributed by atoms with Crippen molar-refractivity contribution in [3.63, 3.8) is 0 Å². The molecule has 1 aromatic rings. The molecule has 2 rings (SSSR count). The standard InChI is InChI=1S/C12H16N2O3/c13-4-1-2-6-15-11-9-10(3-5-14-11)12-16-7-8-17-12/h1-3,5,9,12H,4,6-8,13H2/b2-1-. The van der Waals surface area contributed by atoms with Gasteiger partial charge in [-0.3, -0.25) is 0 Å². The van der Waals surface area contributed by atoms with Crippen molar-refractivity contribution in [2.75, 3.05) is 26.4 Å². The summed E-state index contributed by atoms with van der Waals surface area (Å²) in [6.07, 6.45) is 5.09. The Morgan fingerprint density at radius 1 is 1.41 bits per heavy atom. The van der Waals surface area contributed by atoms with Gasteiger partial charge in [0, 0.05) is 24.4 Å². The molecule has 0 unspecified atom stereocenters. The number of nitrogens with two attached hydrogens (primary N) is 1. The summed E-state index contributed by atoms with van der Waals surface area (Å²) in [6.45, 7) is 2.23. The summed E-state index contributed by atoms with van der Waals surface area (Å²) in [5, 5.41) is 0. The van der Waals surface area contributed by atoms with E-state index in [1.54, 1.807) is 6.20 Å². The fraction of sp³-hybridized carbons (Fsp3) is 0.417. The van der Waals surface area contributed by atoms with Gasteiger partial charge >= 0.3 is 0 Å². The Balaban J connectivity index is 1.93. The second-order valence-corrected chi connectivity index (χ2v) is 3.52. The van der Waals surface area contributed by atoms with E-state index in [-0.39, 0.29) is 6.29 Å². The summed E-state index contributed by atoms with van der Waals surface area (Å²) in [4.78, 5) is 4.11.